The highest BCUT2D eigenvalue weighted by Crippen LogP contribution is 2.22. The number of likely N-dealkylation sites (tertiary alicyclic amines) is 1. The Morgan fingerprint density at radius 2 is 2.10 bits per heavy atom. The molecule has 20 heavy (non-hydrogen) atoms. The topological polar surface area (TPSA) is 87.1 Å². The van der Waals surface area contributed by atoms with E-state index in [0.717, 1.165) is 0 Å². The van der Waals surface area contributed by atoms with Crippen LogP contribution in [0.3, 0.4) is 0 Å². The second-order valence-electron chi connectivity index (χ2n) is 4.78. The first-order chi connectivity index (χ1) is 9.52. The van der Waals surface area contributed by atoms with Crippen LogP contribution in [0, 0.1) is 0 Å². The average molecular weight is 279 g/mol. The molecule has 0 unspecified atom stereocenters. The first kappa shape index (κ1) is 14.3. The van der Waals surface area contributed by atoms with Crippen LogP contribution in [0.4, 0.5) is 0 Å². The molecule has 0 aliphatic carbocycles. The van der Waals surface area contributed by atoms with Crippen LogP contribution in [0.25, 0.3) is 0 Å². The maximum absolute atomic E-state index is 12.2. The van der Waals surface area contributed by atoms with E-state index in [4.69, 9.17) is 9.84 Å². The minimum absolute atomic E-state index is 0.0561. The number of β-amino-alcohol motifs (C(OH)–C–C–N with tert-alkyl or cyclic N) is 1. The predicted molar refractivity (Wildman–Crippen MR) is 70.5 cm³/mol. The first-order valence-corrected chi connectivity index (χ1v) is 6.35. The molecule has 0 saturated carbocycles. The van der Waals surface area contributed by atoms with Crippen molar-refractivity contribution in [2.45, 2.75) is 25.0 Å². The van der Waals surface area contributed by atoms with E-state index in [1.54, 1.807) is 24.3 Å². The van der Waals surface area contributed by atoms with Crippen LogP contribution in [-0.4, -0.2) is 52.8 Å². The number of hydrogen-bond acceptors (Lipinski definition) is 4. The van der Waals surface area contributed by atoms with Gasteiger partial charge >= 0.3 is 5.97 Å². The normalized spacial score (nSPS) is 21.8. The SMILES string of the molecule is COc1ccccc1CC(=O)N1C[C@@H](O)C[C@H]1C(=O)O. The molecule has 108 valence electrons. The van der Waals surface area contributed by atoms with Crippen molar-refractivity contribution in [3.05, 3.63) is 29.8 Å². The average Bonchev–Trinajstić information content (AvgIpc) is 2.82. The molecule has 0 radical (unpaired) electrons. The second-order valence-corrected chi connectivity index (χ2v) is 4.78. The van der Waals surface area contributed by atoms with Gasteiger partial charge in [-0.25, -0.2) is 4.79 Å². The van der Waals surface area contributed by atoms with E-state index in [0.29, 0.717) is 11.3 Å². The van der Waals surface area contributed by atoms with E-state index in [1.807, 2.05) is 0 Å². The number of para-hydroxylation sites is 1. The third kappa shape index (κ3) is 2.91. The summed E-state index contributed by atoms with van der Waals surface area (Å²) in [6.45, 7) is 0.0605. The van der Waals surface area contributed by atoms with Gasteiger partial charge in [-0.15, -0.1) is 0 Å². The number of rotatable bonds is 4. The molecule has 1 aliphatic heterocycles. The van der Waals surface area contributed by atoms with Crippen molar-refractivity contribution in [3.63, 3.8) is 0 Å². The lowest BCUT2D eigenvalue weighted by atomic mass is 10.1. The summed E-state index contributed by atoms with van der Waals surface area (Å²) < 4.78 is 5.17. The zero-order chi connectivity index (χ0) is 14.7. The summed E-state index contributed by atoms with van der Waals surface area (Å²) in [7, 11) is 1.52. The number of carboxylic acids is 1. The van der Waals surface area contributed by atoms with Crippen molar-refractivity contribution in [1.29, 1.82) is 0 Å². The third-order valence-electron chi connectivity index (χ3n) is 3.42. The maximum Gasteiger partial charge on any atom is 0.326 e. The lowest BCUT2D eigenvalue weighted by Gasteiger charge is -2.21. The van der Waals surface area contributed by atoms with Crippen molar-refractivity contribution in [2.24, 2.45) is 0 Å². The van der Waals surface area contributed by atoms with Crippen LogP contribution < -0.4 is 4.74 Å². The molecular weight excluding hydrogens is 262 g/mol. The molecule has 6 nitrogen and oxygen atoms in total. The number of nitrogens with zero attached hydrogens (tertiary/aromatic N) is 1. The van der Waals surface area contributed by atoms with Gasteiger partial charge < -0.3 is 19.8 Å². The number of aliphatic carboxylic acids is 1. The quantitative estimate of drug-likeness (QED) is 0.827. The Morgan fingerprint density at radius 1 is 1.40 bits per heavy atom. The molecule has 2 atom stereocenters. The Balaban J connectivity index is 2.13. The number of methoxy groups -OCH3 is 1. The highest BCUT2D eigenvalue weighted by molar-refractivity contribution is 5.86. The smallest absolute Gasteiger partial charge is 0.326 e. The zero-order valence-electron chi connectivity index (χ0n) is 11.2. The van der Waals surface area contributed by atoms with Crippen LogP contribution >= 0.6 is 0 Å². The number of ether oxygens (including phenoxy) is 1. The monoisotopic (exact) mass is 279 g/mol. The van der Waals surface area contributed by atoms with Gasteiger partial charge in [0.2, 0.25) is 5.91 Å². The number of carbonyl (C=O) groups excluding carboxylic acids is 1. The largest absolute Gasteiger partial charge is 0.496 e. The Hall–Kier alpha value is -2.08. The van der Waals surface area contributed by atoms with Gasteiger partial charge in [-0.1, -0.05) is 18.2 Å². The number of hydrogen-bond donors (Lipinski definition) is 2. The van der Waals surface area contributed by atoms with E-state index in [-0.39, 0.29) is 25.3 Å². The second kappa shape index (κ2) is 5.92. The van der Waals surface area contributed by atoms with E-state index in [2.05, 4.69) is 0 Å². The van der Waals surface area contributed by atoms with Crippen molar-refractivity contribution >= 4 is 11.9 Å². The fourth-order valence-electron chi connectivity index (χ4n) is 2.44. The van der Waals surface area contributed by atoms with Crippen molar-refractivity contribution in [3.8, 4) is 5.75 Å². The van der Waals surface area contributed by atoms with Gasteiger partial charge in [0.05, 0.1) is 19.6 Å². The van der Waals surface area contributed by atoms with E-state index < -0.39 is 18.1 Å². The van der Waals surface area contributed by atoms with Crippen LogP contribution in [0.2, 0.25) is 0 Å². The van der Waals surface area contributed by atoms with Gasteiger partial charge in [0.1, 0.15) is 11.8 Å². The van der Waals surface area contributed by atoms with Crippen molar-refractivity contribution in [1.82, 2.24) is 4.90 Å². The molecule has 1 aromatic rings. The summed E-state index contributed by atoms with van der Waals surface area (Å²) >= 11 is 0. The van der Waals surface area contributed by atoms with Gasteiger partial charge in [0, 0.05) is 18.5 Å². The van der Waals surface area contributed by atoms with Gasteiger partial charge in [-0.2, -0.15) is 0 Å². The molecule has 2 rings (SSSR count). The summed E-state index contributed by atoms with van der Waals surface area (Å²) in [5.74, 6) is -0.819. The minimum Gasteiger partial charge on any atom is -0.496 e. The molecule has 1 heterocycles. The lowest BCUT2D eigenvalue weighted by Crippen LogP contribution is -2.41. The fraction of sp³-hybridized carbons (Fsp3) is 0.429. The molecule has 2 N–H and O–H groups in total. The van der Waals surface area contributed by atoms with Crippen LogP contribution in [-0.2, 0) is 16.0 Å². The summed E-state index contributed by atoms with van der Waals surface area (Å²) in [5.41, 5.74) is 0.700. The molecule has 1 saturated heterocycles. The summed E-state index contributed by atoms with van der Waals surface area (Å²) in [6, 6.07) is 6.15. The highest BCUT2D eigenvalue weighted by Gasteiger charge is 2.38. The zero-order valence-corrected chi connectivity index (χ0v) is 11.2. The van der Waals surface area contributed by atoms with Crippen LogP contribution in [0.15, 0.2) is 24.3 Å². The van der Waals surface area contributed by atoms with Gasteiger partial charge in [-0.05, 0) is 6.07 Å². The van der Waals surface area contributed by atoms with E-state index >= 15 is 0 Å². The molecule has 1 aliphatic rings. The maximum atomic E-state index is 12.2. The Bertz CT molecular complexity index is 516. The highest BCUT2D eigenvalue weighted by atomic mass is 16.5. The van der Waals surface area contributed by atoms with Gasteiger partial charge in [0.25, 0.3) is 0 Å². The number of amides is 1. The standard InChI is InChI=1S/C14H17NO5/c1-20-12-5-3-2-4-9(12)6-13(17)15-8-10(16)7-11(15)14(18)19/h2-5,10-11,16H,6-8H2,1H3,(H,18,19)/t10-,11-/m0/s1. The number of aliphatic hydroxyl groups is 1. The molecule has 1 aromatic carbocycles. The van der Waals surface area contributed by atoms with Crippen molar-refractivity contribution < 1.29 is 24.5 Å². The van der Waals surface area contributed by atoms with Crippen LogP contribution in [0.1, 0.15) is 12.0 Å². The molecular formula is C14H17NO5. The molecule has 0 bridgehead atoms. The number of carbonyl (C=O) groups is 2. The number of aliphatic hydroxyl groups excluding tert-OH is 1. The Labute approximate surface area is 116 Å². The molecule has 6 heteroatoms. The third-order valence-corrected chi connectivity index (χ3v) is 3.42. The summed E-state index contributed by atoms with van der Waals surface area (Å²) in [4.78, 5) is 24.6. The fourth-order valence-corrected chi connectivity index (χ4v) is 2.44. The Kier molecular flexibility index (Phi) is 4.24. The van der Waals surface area contributed by atoms with Crippen LogP contribution in [0.5, 0.6) is 5.75 Å². The number of benzene rings is 1. The van der Waals surface area contributed by atoms with Gasteiger partial charge in [-0.3, -0.25) is 4.79 Å². The lowest BCUT2D eigenvalue weighted by molar-refractivity contribution is -0.148. The predicted octanol–water partition coefficient (Wildman–Crippen LogP) is 0.284. The van der Waals surface area contributed by atoms with E-state index in [9.17, 15) is 14.7 Å². The van der Waals surface area contributed by atoms with E-state index in [1.165, 1.54) is 12.0 Å². The molecule has 0 spiro atoms. The summed E-state index contributed by atoms with van der Waals surface area (Å²) in [5, 5.41) is 18.6. The number of carboxylic acid groups (broad SMARTS) is 1. The Morgan fingerprint density at radius 3 is 2.75 bits per heavy atom. The molecule has 1 amide bonds. The van der Waals surface area contributed by atoms with Crippen molar-refractivity contribution in [2.75, 3.05) is 13.7 Å². The van der Waals surface area contributed by atoms with Gasteiger partial charge in [0.15, 0.2) is 0 Å². The summed E-state index contributed by atoms with van der Waals surface area (Å²) in [6.07, 6.45) is -0.647. The first-order valence-electron chi connectivity index (χ1n) is 6.35. The molecule has 0 aromatic heterocycles. The molecule has 1 fully saturated rings. The minimum atomic E-state index is -1.09.